The lowest BCUT2D eigenvalue weighted by Crippen LogP contribution is -1.97. The van der Waals surface area contributed by atoms with Gasteiger partial charge in [0, 0.05) is 17.4 Å². The number of nitrogens with two attached hydrogens (primary N) is 1. The number of fused-ring (bicyclic) bond motifs is 1. The van der Waals surface area contributed by atoms with Gasteiger partial charge in [-0.05, 0) is 30.2 Å². The number of aromatic amines is 1. The number of benzene rings is 2. The summed E-state index contributed by atoms with van der Waals surface area (Å²) < 4.78 is 0. The molecule has 0 saturated carbocycles. The lowest BCUT2D eigenvalue weighted by atomic mass is 10.0. The molecule has 0 fully saturated rings. The van der Waals surface area contributed by atoms with E-state index in [4.69, 9.17) is 5.73 Å². The Morgan fingerprint density at radius 2 is 1.89 bits per heavy atom. The molecule has 18 heavy (non-hydrogen) atoms. The van der Waals surface area contributed by atoms with Gasteiger partial charge in [0.25, 0.3) is 0 Å². The average molecular weight is 236 g/mol. The molecule has 3 N–H and O–H groups in total. The van der Waals surface area contributed by atoms with Crippen LogP contribution in [0.5, 0.6) is 0 Å². The third kappa shape index (κ3) is 1.71. The van der Waals surface area contributed by atoms with Gasteiger partial charge < -0.3 is 10.7 Å². The Labute approximate surface area is 106 Å². The fourth-order valence-corrected chi connectivity index (χ4v) is 2.46. The molecule has 1 heterocycles. The van der Waals surface area contributed by atoms with E-state index in [1.165, 1.54) is 22.1 Å². The summed E-state index contributed by atoms with van der Waals surface area (Å²) in [5.41, 5.74) is 11.9. The molecule has 0 unspecified atom stereocenters. The topological polar surface area (TPSA) is 41.8 Å². The number of nitrogens with one attached hydrogen (secondary N) is 1. The quantitative estimate of drug-likeness (QED) is 0.701. The molecule has 1 aromatic heterocycles. The smallest absolute Gasteiger partial charge is 0.0510 e. The summed E-state index contributed by atoms with van der Waals surface area (Å²) in [7, 11) is 0. The molecule has 2 heteroatoms. The molecule has 0 atom stereocenters. The molecule has 0 saturated heterocycles. The minimum atomic E-state index is 0.549. The van der Waals surface area contributed by atoms with Crippen molar-refractivity contribution in [1.82, 2.24) is 4.98 Å². The Kier molecular flexibility index (Phi) is 2.65. The van der Waals surface area contributed by atoms with Gasteiger partial charge in [-0.25, -0.2) is 0 Å². The van der Waals surface area contributed by atoms with Gasteiger partial charge in [0.2, 0.25) is 0 Å². The molecule has 0 aliphatic carbocycles. The molecular formula is C16H16N2. The second-order valence-electron chi connectivity index (χ2n) is 4.60. The van der Waals surface area contributed by atoms with Crippen LogP contribution < -0.4 is 5.73 Å². The predicted octanol–water partition coefficient (Wildman–Crippen LogP) is 3.60. The predicted molar refractivity (Wildman–Crippen MR) is 76.4 cm³/mol. The summed E-state index contributed by atoms with van der Waals surface area (Å²) in [5.74, 6) is 0. The van der Waals surface area contributed by atoms with Crippen LogP contribution in [0.3, 0.4) is 0 Å². The summed E-state index contributed by atoms with van der Waals surface area (Å²) in [6.45, 7) is 2.65. The van der Waals surface area contributed by atoms with Gasteiger partial charge >= 0.3 is 0 Å². The van der Waals surface area contributed by atoms with Gasteiger partial charge in [0.05, 0.1) is 5.69 Å². The molecule has 2 aromatic carbocycles. The number of aromatic nitrogens is 1. The molecular weight excluding hydrogens is 220 g/mol. The molecule has 0 aliphatic rings. The first-order valence-corrected chi connectivity index (χ1v) is 6.16. The zero-order valence-electron chi connectivity index (χ0n) is 10.4. The van der Waals surface area contributed by atoms with Crippen LogP contribution in [0.25, 0.3) is 22.2 Å². The SMILES string of the molecule is Cc1cccc(-c2[nH]c3ccccc3c2CN)c1. The summed E-state index contributed by atoms with van der Waals surface area (Å²) in [5, 5.41) is 1.22. The van der Waals surface area contributed by atoms with E-state index >= 15 is 0 Å². The van der Waals surface area contributed by atoms with E-state index in [1.54, 1.807) is 0 Å². The van der Waals surface area contributed by atoms with Crippen LogP contribution >= 0.6 is 0 Å². The fourth-order valence-electron chi connectivity index (χ4n) is 2.46. The molecule has 0 spiro atoms. The summed E-state index contributed by atoms with van der Waals surface area (Å²) >= 11 is 0. The Morgan fingerprint density at radius 1 is 1.06 bits per heavy atom. The Morgan fingerprint density at radius 3 is 2.67 bits per heavy atom. The van der Waals surface area contributed by atoms with Crippen molar-refractivity contribution in [3.8, 4) is 11.3 Å². The highest BCUT2D eigenvalue weighted by molar-refractivity contribution is 5.90. The van der Waals surface area contributed by atoms with Crippen LogP contribution in [0.4, 0.5) is 0 Å². The molecule has 90 valence electrons. The van der Waals surface area contributed by atoms with Gasteiger partial charge in [-0.3, -0.25) is 0 Å². The van der Waals surface area contributed by atoms with Crippen molar-refractivity contribution < 1.29 is 0 Å². The second-order valence-corrected chi connectivity index (χ2v) is 4.60. The number of H-pyrrole nitrogens is 1. The fraction of sp³-hybridized carbons (Fsp3) is 0.125. The molecule has 3 aromatic rings. The zero-order valence-corrected chi connectivity index (χ0v) is 10.4. The third-order valence-electron chi connectivity index (χ3n) is 3.32. The van der Waals surface area contributed by atoms with E-state index in [0.717, 1.165) is 11.2 Å². The van der Waals surface area contributed by atoms with E-state index in [2.05, 4.69) is 54.4 Å². The lowest BCUT2D eigenvalue weighted by Gasteiger charge is -2.03. The normalized spacial score (nSPS) is 11.0. The monoisotopic (exact) mass is 236 g/mol. The summed E-state index contributed by atoms with van der Waals surface area (Å²) in [6, 6.07) is 16.8. The molecule has 3 rings (SSSR count). The maximum Gasteiger partial charge on any atom is 0.0510 e. The number of hydrogen-bond donors (Lipinski definition) is 2. The van der Waals surface area contributed by atoms with Crippen LogP contribution in [-0.2, 0) is 6.54 Å². The van der Waals surface area contributed by atoms with E-state index in [9.17, 15) is 0 Å². The standard InChI is InChI=1S/C16H16N2/c1-11-5-4-6-12(9-11)16-14(10-17)13-7-2-3-8-15(13)18-16/h2-9,18H,10,17H2,1H3. The van der Waals surface area contributed by atoms with Gasteiger partial charge in [-0.2, -0.15) is 0 Å². The highest BCUT2D eigenvalue weighted by Crippen LogP contribution is 2.30. The van der Waals surface area contributed by atoms with Crippen LogP contribution in [-0.4, -0.2) is 4.98 Å². The summed E-state index contributed by atoms with van der Waals surface area (Å²) in [4.78, 5) is 3.48. The van der Waals surface area contributed by atoms with Crippen molar-refractivity contribution in [2.24, 2.45) is 5.73 Å². The largest absolute Gasteiger partial charge is 0.354 e. The molecule has 0 amide bonds. The van der Waals surface area contributed by atoms with Gasteiger partial charge in [-0.15, -0.1) is 0 Å². The van der Waals surface area contributed by atoms with E-state index in [-0.39, 0.29) is 0 Å². The minimum absolute atomic E-state index is 0.549. The van der Waals surface area contributed by atoms with Gasteiger partial charge in [0.1, 0.15) is 0 Å². The highest BCUT2D eigenvalue weighted by Gasteiger charge is 2.11. The average Bonchev–Trinajstić information content (AvgIpc) is 2.77. The summed E-state index contributed by atoms with van der Waals surface area (Å²) in [6.07, 6.45) is 0. The van der Waals surface area contributed by atoms with Crippen molar-refractivity contribution in [3.05, 3.63) is 59.7 Å². The molecule has 0 radical (unpaired) electrons. The van der Waals surface area contributed by atoms with E-state index in [0.29, 0.717) is 6.54 Å². The lowest BCUT2D eigenvalue weighted by molar-refractivity contribution is 1.09. The number of para-hydroxylation sites is 1. The van der Waals surface area contributed by atoms with Crippen LogP contribution in [0, 0.1) is 6.92 Å². The van der Waals surface area contributed by atoms with Crippen molar-refractivity contribution in [2.75, 3.05) is 0 Å². The van der Waals surface area contributed by atoms with Gasteiger partial charge in [-0.1, -0.05) is 42.0 Å². The van der Waals surface area contributed by atoms with E-state index in [1.807, 2.05) is 6.07 Å². The third-order valence-corrected chi connectivity index (χ3v) is 3.32. The number of hydrogen-bond acceptors (Lipinski definition) is 1. The maximum atomic E-state index is 5.92. The van der Waals surface area contributed by atoms with Crippen molar-refractivity contribution in [1.29, 1.82) is 0 Å². The molecule has 2 nitrogen and oxygen atoms in total. The minimum Gasteiger partial charge on any atom is -0.354 e. The number of rotatable bonds is 2. The molecule has 0 aliphatic heterocycles. The zero-order chi connectivity index (χ0) is 12.5. The Balaban J connectivity index is 2.28. The maximum absolute atomic E-state index is 5.92. The first-order valence-electron chi connectivity index (χ1n) is 6.16. The van der Waals surface area contributed by atoms with Crippen LogP contribution in [0.2, 0.25) is 0 Å². The second kappa shape index (κ2) is 4.31. The van der Waals surface area contributed by atoms with Crippen molar-refractivity contribution in [2.45, 2.75) is 13.5 Å². The van der Waals surface area contributed by atoms with Crippen LogP contribution in [0.15, 0.2) is 48.5 Å². The Bertz CT molecular complexity index is 695. The van der Waals surface area contributed by atoms with Crippen molar-refractivity contribution >= 4 is 10.9 Å². The van der Waals surface area contributed by atoms with Gasteiger partial charge in [0.15, 0.2) is 0 Å². The molecule has 0 bridgehead atoms. The first-order chi connectivity index (χ1) is 8.79. The number of aryl methyl sites for hydroxylation is 1. The van der Waals surface area contributed by atoms with Crippen molar-refractivity contribution in [3.63, 3.8) is 0 Å². The van der Waals surface area contributed by atoms with Crippen LogP contribution in [0.1, 0.15) is 11.1 Å². The highest BCUT2D eigenvalue weighted by atomic mass is 14.7. The Hall–Kier alpha value is -2.06. The van der Waals surface area contributed by atoms with E-state index < -0.39 is 0 Å². The first kappa shape index (κ1) is 11.1.